The van der Waals surface area contributed by atoms with Crippen LogP contribution in [0.4, 0.5) is 0 Å². The van der Waals surface area contributed by atoms with Gasteiger partial charge in [-0.2, -0.15) is 0 Å². The largest absolute Gasteiger partial charge is 0.457 e. The van der Waals surface area contributed by atoms with E-state index >= 15 is 0 Å². The number of hydrogen-bond donors (Lipinski definition) is 0. The average Bonchev–Trinajstić information content (AvgIpc) is 2.07. The van der Waals surface area contributed by atoms with E-state index in [0.717, 1.165) is 19.3 Å². The SMILES string of the molecule is CC(C)(Br)C(=O)OC1/C=C\CCCCC1. The molecule has 0 fully saturated rings. The minimum atomic E-state index is -0.580. The zero-order valence-corrected chi connectivity index (χ0v) is 11.0. The van der Waals surface area contributed by atoms with Gasteiger partial charge in [0.1, 0.15) is 10.4 Å². The summed E-state index contributed by atoms with van der Waals surface area (Å²) in [5.74, 6) is -0.183. The van der Waals surface area contributed by atoms with E-state index < -0.39 is 4.32 Å². The van der Waals surface area contributed by atoms with Gasteiger partial charge in [0.25, 0.3) is 0 Å². The maximum atomic E-state index is 11.6. The molecule has 0 saturated heterocycles. The van der Waals surface area contributed by atoms with Crippen LogP contribution in [0.3, 0.4) is 0 Å². The Labute approximate surface area is 100 Å². The number of ether oxygens (including phenoxy) is 1. The van der Waals surface area contributed by atoms with Crippen LogP contribution in [0.2, 0.25) is 0 Å². The molecule has 0 aromatic heterocycles. The Morgan fingerprint density at radius 2 is 2.13 bits per heavy atom. The van der Waals surface area contributed by atoms with Crippen molar-refractivity contribution in [2.24, 2.45) is 0 Å². The second kappa shape index (κ2) is 5.69. The van der Waals surface area contributed by atoms with Crippen molar-refractivity contribution in [2.75, 3.05) is 0 Å². The highest BCUT2D eigenvalue weighted by molar-refractivity contribution is 9.10. The Bertz CT molecular complexity index is 240. The quantitative estimate of drug-likeness (QED) is 0.437. The molecule has 0 heterocycles. The van der Waals surface area contributed by atoms with Crippen LogP contribution in [-0.4, -0.2) is 16.4 Å². The molecule has 1 aliphatic rings. The van der Waals surface area contributed by atoms with E-state index in [1.54, 1.807) is 0 Å². The Morgan fingerprint density at radius 1 is 1.40 bits per heavy atom. The molecule has 1 aliphatic carbocycles. The van der Waals surface area contributed by atoms with Crippen LogP contribution in [0.15, 0.2) is 12.2 Å². The molecule has 0 saturated carbocycles. The average molecular weight is 275 g/mol. The zero-order valence-electron chi connectivity index (χ0n) is 9.46. The molecule has 0 aromatic carbocycles. The van der Waals surface area contributed by atoms with Gasteiger partial charge in [0.2, 0.25) is 0 Å². The number of carbonyl (C=O) groups is 1. The third-order valence-electron chi connectivity index (χ3n) is 2.45. The second-order valence-corrected chi connectivity index (χ2v) is 6.46. The number of esters is 1. The minimum Gasteiger partial charge on any atom is -0.457 e. The molecule has 1 rings (SSSR count). The molecule has 1 atom stereocenters. The standard InChI is InChI=1S/C12H19BrO2/c1-12(2,13)11(14)15-10-8-6-4-3-5-7-9-10/h6,8,10H,3-5,7,9H2,1-2H3/b8-6-. The maximum Gasteiger partial charge on any atom is 0.322 e. The predicted molar refractivity (Wildman–Crippen MR) is 65.1 cm³/mol. The normalized spacial score (nSPS) is 25.1. The van der Waals surface area contributed by atoms with Crippen molar-refractivity contribution in [3.63, 3.8) is 0 Å². The summed E-state index contributed by atoms with van der Waals surface area (Å²) in [7, 11) is 0. The number of alkyl halides is 1. The Hall–Kier alpha value is -0.310. The highest BCUT2D eigenvalue weighted by Crippen LogP contribution is 2.21. The fourth-order valence-corrected chi connectivity index (χ4v) is 1.60. The van der Waals surface area contributed by atoms with E-state index in [2.05, 4.69) is 22.0 Å². The first kappa shape index (κ1) is 12.8. The molecule has 15 heavy (non-hydrogen) atoms. The molecule has 0 bridgehead atoms. The summed E-state index contributed by atoms with van der Waals surface area (Å²) < 4.78 is 4.84. The van der Waals surface area contributed by atoms with E-state index in [1.165, 1.54) is 12.8 Å². The highest BCUT2D eigenvalue weighted by Gasteiger charge is 2.27. The summed E-state index contributed by atoms with van der Waals surface area (Å²) in [4.78, 5) is 11.6. The second-order valence-electron chi connectivity index (χ2n) is 4.48. The van der Waals surface area contributed by atoms with Gasteiger partial charge < -0.3 is 4.74 Å². The molecule has 0 spiro atoms. The van der Waals surface area contributed by atoms with E-state index in [4.69, 9.17) is 4.74 Å². The monoisotopic (exact) mass is 274 g/mol. The molecular formula is C12H19BrO2. The van der Waals surface area contributed by atoms with Gasteiger partial charge in [0, 0.05) is 0 Å². The molecule has 86 valence electrons. The molecule has 2 nitrogen and oxygen atoms in total. The van der Waals surface area contributed by atoms with E-state index in [9.17, 15) is 4.79 Å². The topological polar surface area (TPSA) is 26.3 Å². The van der Waals surface area contributed by atoms with Crippen molar-refractivity contribution in [1.82, 2.24) is 0 Å². The van der Waals surface area contributed by atoms with E-state index in [1.807, 2.05) is 19.9 Å². The molecule has 0 N–H and O–H groups in total. The van der Waals surface area contributed by atoms with Crippen molar-refractivity contribution < 1.29 is 9.53 Å². The van der Waals surface area contributed by atoms with Crippen molar-refractivity contribution in [3.8, 4) is 0 Å². The number of carbonyl (C=O) groups excluding carboxylic acids is 1. The lowest BCUT2D eigenvalue weighted by Gasteiger charge is -2.21. The van der Waals surface area contributed by atoms with Crippen molar-refractivity contribution in [3.05, 3.63) is 12.2 Å². The third-order valence-corrected chi connectivity index (χ3v) is 2.78. The van der Waals surface area contributed by atoms with Gasteiger partial charge in [-0.1, -0.05) is 28.4 Å². The van der Waals surface area contributed by atoms with Crippen LogP contribution in [0, 0.1) is 0 Å². The van der Waals surface area contributed by atoms with Crippen LogP contribution < -0.4 is 0 Å². The first-order valence-electron chi connectivity index (χ1n) is 5.57. The smallest absolute Gasteiger partial charge is 0.322 e. The first-order chi connectivity index (χ1) is 7.00. The Morgan fingerprint density at radius 3 is 2.80 bits per heavy atom. The molecule has 0 radical (unpaired) electrons. The molecular weight excluding hydrogens is 256 g/mol. The van der Waals surface area contributed by atoms with Crippen molar-refractivity contribution in [2.45, 2.75) is 56.4 Å². The third kappa shape index (κ3) is 4.83. The summed E-state index contributed by atoms with van der Waals surface area (Å²) >= 11 is 3.31. The van der Waals surface area contributed by atoms with Crippen LogP contribution in [-0.2, 0) is 9.53 Å². The highest BCUT2D eigenvalue weighted by atomic mass is 79.9. The molecule has 3 heteroatoms. The molecule has 0 amide bonds. The number of allylic oxidation sites excluding steroid dienone is 1. The lowest BCUT2D eigenvalue weighted by atomic mass is 10.0. The lowest BCUT2D eigenvalue weighted by molar-refractivity contribution is -0.149. The van der Waals surface area contributed by atoms with Gasteiger partial charge in [-0.15, -0.1) is 0 Å². The minimum absolute atomic E-state index is 0.0328. The van der Waals surface area contributed by atoms with Gasteiger partial charge in [-0.25, -0.2) is 0 Å². The van der Waals surface area contributed by atoms with Crippen molar-refractivity contribution in [1.29, 1.82) is 0 Å². The lowest BCUT2D eigenvalue weighted by Crippen LogP contribution is -2.30. The Kier molecular flexibility index (Phi) is 4.84. The van der Waals surface area contributed by atoms with Crippen molar-refractivity contribution >= 4 is 21.9 Å². The van der Waals surface area contributed by atoms with Gasteiger partial charge >= 0.3 is 5.97 Å². The Balaban J connectivity index is 2.48. The van der Waals surface area contributed by atoms with Gasteiger partial charge in [0.15, 0.2) is 0 Å². The van der Waals surface area contributed by atoms with Crippen LogP contribution in [0.25, 0.3) is 0 Å². The van der Waals surface area contributed by atoms with E-state index in [0.29, 0.717) is 0 Å². The van der Waals surface area contributed by atoms with Gasteiger partial charge in [0.05, 0.1) is 0 Å². The summed E-state index contributed by atoms with van der Waals surface area (Å²) in [5.41, 5.74) is 0. The summed E-state index contributed by atoms with van der Waals surface area (Å²) in [6.07, 6.45) is 9.79. The number of rotatable bonds is 2. The first-order valence-corrected chi connectivity index (χ1v) is 6.36. The number of hydrogen-bond acceptors (Lipinski definition) is 2. The fourth-order valence-electron chi connectivity index (χ4n) is 1.50. The fraction of sp³-hybridized carbons (Fsp3) is 0.750. The molecule has 1 unspecified atom stereocenters. The maximum absolute atomic E-state index is 11.6. The van der Waals surface area contributed by atoms with Crippen LogP contribution in [0.5, 0.6) is 0 Å². The van der Waals surface area contributed by atoms with E-state index in [-0.39, 0.29) is 12.1 Å². The summed E-state index contributed by atoms with van der Waals surface area (Å²) in [6, 6.07) is 0. The molecule has 0 aromatic rings. The van der Waals surface area contributed by atoms with Gasteiger partial charge in [-0.05, 0) is 45.6 Å². The predicted octanol–water partition coefficient (Wildman–Crippen LogP) is 3.59. The van der Waals surface area contributed by atoms with Crippen LogP contribution in [0.1, 0.15) is 46.0 Å². The molecule has 0 aliphatic heterocycles. The summed E-state index contributed by atoms with van der Waals surface area (Å²) in [6.45, 7) is 3.62. The zero-order chi connectivity index (χ0) is 11.3. The number of halogens is 1. The van der Waals surface area contributed by atoms with Gasteiger partial charge in [-0.3, -0.25) is 4.79 Å². The summed E-state index contributed by atoms with van der Waals surface area (Å²) in [5, 5.41) is 0. The van der Waals surface area contributed by atoms with Crippen LogP contribution >= 0.6 is 15.9 Å².